The lowest BCUT2D eigenvalue weighted by Gasteiger charge is -2.36. The Bertz CT molecular complexity index is 1230. The molecule has 0 unspecified atom stereocenters. The van der Waals surface area contributed by atoms with Crippen molar-refractivity contribution in [3.63, 3.8) is 0 Å². The second kappa shape index (κ2) is 8.20. The van der Waals surface area contributed by atoms with E-state index in [1.54, 1.807) is 36.4 Å². The van der Waals surface area contributed by atoms with Gasteiger partial charge in [0.25, 0.3) is 10.0 Å². The largest absolute Gasteiger partial charge is 0.497 e. The zero-order valence-electron chi connectivity index (χ0n) is 16.5. The molecule has 0 N–H and O–H groups in total. The van der Waals surface area contributed by atoms with Gasteiger partial charge in [0.15, 0.2) is 0 Å². The van der Waals surface area contributed by atoms with Crippen molar-refractivity contribution in [3.8, 4) is 5.75 Å². The standard InChI is InChI=1S/C22H18ClFN2O4S/c1-30-16-11-9-15(10-12-16)13-26-22(27)25(14-17-18(23)5-4-6-19(17)24)20-7-2-3-8-21(20)31(26,28)29/h2-12H,13-14H2,1H3. The third-order valence-corrected chi connectivity index (χ3v) is 7.15. The van der Waals surface area contributed by atoms with Crippen LogP contribution in [0.1, 0.15) is 11.1 Å². The Labute approximate surface area is 184 Å². The van der Waals surface area contributed by atoms with Crippen LogP contribution in [0.15, 0.2) is 71.6 Å². The van der Waals surface area contributed by atoms with Crippen LogP contribution < -0.4 is 9.64 Å². The molecule has 31 heavy (non-hydrogen) atoms. The summed E-state index contributed by atoms with van der Waals surface area (Å²) in [6, 6.07) is 16.3. The molecule has 0 bridgehead atoms. The van der Waals surface area contributed by atoms with E-state index < -0.39 is 21.9 Å². The van der Waals surface area contributed by atoms with Crippen LogP contribution in [0.2, 0.25) is 5.02 Å². The first-order valence-electron chi connectivity index (χ1n) is 9.32. The van der Waals surface area contributed by atoms with Crippen molar-refractivity contribution in [2.45, 2.75) is 18.0 Å². The van der Waals surface area contributed by atoms with E-state index in [4.69, 9.17) is 16.3 Å². The number of sulfonamides is 1. The van der Waals surface area contributed by atoms with Gasteiger partial charge in [-0.05, 0) is 42.0 Å². The molecular formula is C22H18ClFN2O4S. The highest BCUT2D eigenvalue weighted by Crippen LogP contribution is 2.37. The van der Waals surface area contributed by atoms with Crippen LogP contribution in [0.4, 0.5) is 14.9 Å². The van der Waals surface area contributed by atoms with E-state index in [0.29, 0.717) is 11.3 Å². The maximum absolute atomic E-state index is 14.4. The van der Waals surface area contributed by atoms with Gasteiger partial charge in [0.05, 0.1) is 25.9 Å². The van der Waals surface area contributed by atoms with Gasteiger partial charge in [-0.2, -0.15) is 0 Å². The third-order valence-electron chi connectivity index (χ3n) is 5.03. The Kier molecular flexibility index (Phi) is 5.60. The minimum atomic E-state index is -4.11. The molecule has 3 aromatic rings. The van der Waals surface area contributed by atoms with Crippen molar-refractivity contribution in [2.75, 3.05) is 12.0 Å². The van der Waals surface area contributed by atoms with Crippen LogP contribution in [0.25, 0.3) is 0 Å². The van der Waals surface area contributed by atoms with Gasteiger partial charge in [-0.25, -0.2) is 21.9 Å². The fraction of sp³-hybridized carbons (Fsp3) is 0.136. The van der Waals surface area contributed by atoms with E-state index in [9.17, 15) is 17.6 Å². The summed E-state index contributed by atoms with van der Waals surface area (Å²) in [5.74, 6) is 0.0330. The summed E-state index contributed by atoms with van der Waals surface area (Å²) in [7, 11) is -2.58. The van der Waals surface area contributed by atoms with Gasteiger partial charge in [-0.15, -0.1) is 0 Å². The molecular weight excluding hydrogens is 443 g/mol. The summed E-state index contributed by atoms with van der Waals surface area (Å²) in [4.78, 5) is 14.5. The SMILES string of the molecule is COc1ccc(CN2C(=O)N(Cc3c(F)cccc3Cl)c3ccccc3S2(=O)=O)cc1. The minimum Gasteiger partial charge on any atom is -0.497 e. The summed E-state index contributed by atoms with van der Waals surface area (Å²) >= 11 is 6.15. The van der Waals surface area contributed by atoms with E-state index in [-0.39, 0.29) is 34.3 Å². The number of hydrogen-bond acceptors (Lipinski definition) is 4. The summed E-state index contributed by atoms with van der Waals surface area (Å²) < 4.78 is 46.8. The molecule has 0 aliphatic carbocycles. The van der Waals surface area contributed by atoms with Crippen LogP contribution in [-0.4, -0.2) is 25.9 Å². The Hall–Kier alpha value is -3.10. The number of halogens is 2. The number of rotatable bonds is 5. The van der Waals surface area contributed by atoms with Crippen LogP contribution in [0.5, 0.6) is 5.75 Å². The van der Waals surface area contributed by atoms with Crippen molar-refractivity contribution in [1.29, 1.82) is 0 Å². The summed E-state index contributed by atoms with van der Waals surface area (Å²) in [6.45, 7) is -0.392. The monoisotopic (exact) mass is 460 g/mol. The number of benzene rings is 3. The van der Waals surface area contributed by atoms with Gasteiger partial charge in [0, 0.05) is 10.6 Å². The van der Waals surface area contributed by atoms with Crippen molar-refractivity contribution < 1.29 is 22.3 Å². The maximum Gasteiger partial charge on any atom is 0.339 e. The van der Waals surface area contributed by atoms with Gasteiger partial charge in [0.1, 0.15) is 16.5 Å². The molecule has 0 atom stereocenters. The molecule has 0 aromatic heterocycles. The normalized spacial score (nSPS) is 15.0. The number of fused-ring (bicyclic) bond motifs is 1. The Morgan fingerprint density at radius 3 is 2.35 bits per heavy atom. The zero-order valence-corrected chi connectivity index (χ0v) is 18.0. The number of carbonyl (C=O) groups excluding carboxylic acids is 1. The first-order valence-corrected chi connectivity index (χ1v) is 11.1. The van der Waals surface area contributed by atoms with E-state index in [1.807, 2.05) is 0 Å². The number of nitrogens with zero attached hydrogens (tertiary/aromatic N) is 2. The molecule has 0 fully saturated rings. The fourth-order valence-corrected chi connectivity index (χ4v) is 5.18. The number of methoxy groups -OCH3 is 1. The molecule has 2 amide bonds. The van der Waals surface area contributed by atoms with E-state index >= 15 is 0 Å². The zero-order chi connectivity index (χ0) is 22.2. The average molecular weight is 461 g/mol. The van der Waals surface area contributed by atoms with Crippen molar-refractivity contribution in [1.82, 2.24) is 4.31 Å². The van der Waals surface area contributed by atoms with Crippen molar-refractivity contribution in [2.24, 2.45) is 0 Å². The van der Waals surface area contributed by atoms with Gasteiger partial charge in [0.2, 0.25) is 0 Å². The maximum atomic E-state index is 14.4. The van der Waals surface area contributed by atoms with E-state index in [2.05, 4.69) is 0 Å². The quantitative estimate of drug-likeness (QED) is 0.547. The van der Waals surface area contributed by atoms with Crippen molar-refractivity contribution in [3.05, 3.63) is 88.7 Å². The molecule has 6 nitrogen and oxygen atoms in total. The van der Waals surface area contributed by atoms with E-state index in [0.717, 1.165) is 4.31 Å². The predicted molar refractivity (Wildman–Crippen MR) is 115 cm³/mol. The molecule has 9 heteroatoms. The Morgan fingerprint density at radius 1 is 0.968 bits per heavy atom. The molecule has 4 rings (SSSR count). The molecule has 3 aromatic carbocycles. The molecule has 1 heterocycles. The van der Waals surface area contributed by atoms with Crippen molar-refractivity contribution >= 4 is 33.3 Å². The molecule has 1 aliphatic heterocycles. The van der Waals surface area contributed by atoms with E-state index in [1.165, 1.54) is 42.3 Å². The molecule has 0 radical (unpaired) electrons. The molecule has 0 saturated heterocycles. The third kappa shape index (κ3) is 3.84. The van der Waals surface area contributed by atoms with Gasteiger partial charge in [-0.1, -0.05) is 41.9 Å². The van der Waals surface area contributed by atoms with Crippen LogP contribution in [-0.2, 0) is 23.1 Å². The second-order valence-corrected chi connectivity index (χ2v) is 9.13. The lowest BCUT2D eigenvalue weighted by Crippen LogP contribution is -2.50. The molecule has 0 spiro atoms. The van der Waals surface area contributed by atoms with Crippen LogP contribution in [0, 0.1) is 5.82 Å². The van der Waals surface area contributed by atoms with Crippen LogP contribution >= 0.6 is 11.6 Å². The summed E-state index contributed by atoms with van der Waals surface area (Å²) in [5.41, 5.74) is 0.884. The average Bonchev–Trinajstić information content (AvgIpc) is 2.76. The Morgan fingerprint density at radius 2 is 1.68 bits per heavy atom. The molecule has 160 valence electrons. The highest BCUT2D eigenvalue weighted by molar-refractivity contribution is 7.90. The smallest absolute Gasteiger partial charge is 0.339 e. The number of anilines is 1. The number of carbonyl (C=O) groups is 1. The number of para-hydroxylation sites is 1. The summed E-state index contributed by atoms with van der Waals surface area (Å²) in [6.07, 6.45) is 0. The fourth-order valence-electron chi connectivity index (χ4n) is 3.40. The topological polar surface area (TPSA) is 66.9 Å². The minimum absolute atomic E-state index is 0.0319. The Balaban J connectivity index is 1.77. The number of ether oxygens (including phenoxy) is 1. The predicted octanol–water partition coefficient (Wildman–Crippen LogP) is 4.82. The molecule has 1 aliphatic rings. The van der Waals surface area contributed by atoms with Crippen LogP contribution in [0.3, 0.4) is 0 Å². The number of urea groups is 1. The first kappa shape index (κ1) is 21.1. The highest BCUT2D eigenvalue weighted by Gasteiger charge is 2.41. The highest BCUT2D eigenvalue weighted by atomic mass is 35.5. The van der Waals surface area contributed by atoms with Gasteiger partial charge < -0.3 is 4.74 Å². The molecule has 0 saturated carbocycles. The number of hydrogen-bond donors (Lipinski definition) is 0. The summed E-state index contributed by atoms with van der Waals surface area (Å²) in [5, 5.41) is 0.153. The lowest BCUT2D eigenvalue weighted by atomic mass is 10.1. The lowest BCUT2D eigenvalue weighted by molar-refractivity contribution is 0.226. The number of amides is 2. The van der Waals surface area contributed by atoms with Gasteiger partial charge in [-0.3, -0.25) is 4.90 Å². The van der Waals surface area contributed by atoms with Gasteiger partial charge >= 0.3 is 6.03 Å². The first-order chi connectivity index (χ1) is 14.8. The second-order valence-electron chi connectivity index (χ2n) is 6.90.